The van der Waals surface area contributed by atoms with Crippen LogP contribution in [-0.4, -0.2) is 24.8 Å². The summed E-state index contributed by atoms with van der Waals surface area (Å²) in [6.45, 7) is -0.764. The second-order valence-electron chi connectivity index (χ2n) is 2.73. The Bertz CT molecular complexity index is 453. The first kappa shape index (κ1) is 12.3. The van der Waals surface area contributed by atoms with E-state index in [9.17, 15) is 4.79 Å². The number of hydrogen-bond acceptors (Lipinski definition) is 5. The maximum atomic E-state index is 10.9. The molecule has 0 heterocycles. The van der Waals surface area contributed by atoms with Crippen molar-refractivity contribution >= 4 is 17.6 Å². The molecule has 6 heteroatoms. The Labute approximate surface area is 96.8 Å². The zero-order chi connectivity index (χ0) is 12.1. The van der Waals surface area contributed by atoms with Gasteiger partial charge in [-0.1, -0.05) is 11.6 Å². The van der Waals surface area contributed by atoms with E-state index in [4.69, 9.17) is 31.4 Å². The van der Waals surface area contributed by atoms with Gasteiger partial charge >= 0.3 is 5.97 Å². The highest BCUT2D eigenvalue weighted by Gasteiger charge is 2.15. The number of nitriles is 1. The highest BCUT2D eigenvalue weighted by Crippen LogP contribution is 2.36. The fourth-order valence-electron chi connectivity index (χ4n) is 1.03. The first-order valence-electron chi connectivity index (χ1n) is 4.21. The Hall–Kier alpha value is -1.77. The molecule has 0 saturated heterocycles. The summed E-state index contributed by atoms with van der Waals surface area (Å²) in [5, 5.41) is 17.3. The maximum Gasteiger partial charge on any atom is 0.337 e. The molecule has 0 fully saturated rings. The molecule has 0 saturated carbocycles. The third-order valence-corrected chi connectivity index (χ3v) is 1.98. The fraction of sp³-hybridized carbons (Fsp3) is 0.200. The summed E-state index contributed by atoms with van der Waals surface area (Å²) in [6.07, 6.45) is 0. The second kappa shape index (κ2) is 5.35. The van der Waals surface area contributed by atoms with E-state index in [0.29, 0.717) is 0 Å². The van der Waals surface area contributed by atoms with E-state index in [0.717, 1.165) is 0 Å². The molecule has 5 nitrogen and oxygen atoms in total. The normalized spacial score (nSPS) is 9.38. The van der Waals surface area contributed by atoms with Crippen molar-refractivity contribution in [2.24, 2.45) is 0 Å². The molecule has 0 aliphatic carbocycles. The van der Waals surface area contributed by atoms with E-state index in [2.05, 4.69) is 0 Å². The molecule has 0 bridgehead atoms. The van der Waals surface area contributed by atoms with Crippen molar-refractivity contribution < 1.29 is 19.4 Å². The van der Waals surface area contributed by atoms with Crippen LogP contribution in [0, 0.1) is 11.3 Å². The predicted molar refractivity (Wildman–Crippen MR) is 55.4 cm³/mol. The van der Waals surface area contributed by atoms with Gasteiger partial charge in [0.2, 0.25) is 0 Å². The zero-order valence-electron chi connectivity index (χ0n) is 8.36. The van der Waals surface area contributed by atoms with Gasteiger partial charge in [-0.05, 0) is 6.07 Å². The minimum Gasteiger partial charge on any atom is -0.493 e. The van der Waals surface area contributed by atoms with Crippen LogP contribution in [0.4, 0.5) is 0 Å². The topological polar surface area (TPSA) is 79.5 Å². The van der Waals surface area contributed by atoms with Crippen molar-refractivity contribution in [3.05, 3.63) is 22.7 Å². The van der Waals surface area contributed by atoms with E-state index >= 15 is 0 Å². The van der Waals surface area contributed by atoms with Gasteiger partial charge in [-0.3, -0.25) is 0 Å². The average Bonchev–Trinajstić information content (AvgIpc) is 2.30. The molecule has 0 aromatic heterocycles. The number of ether oxygens (including phenoxy) is 2. The standard InChI is InChI=1S/C10H8ClNO4/c1-15-8-3-6(4-12)2-7(11)10(8)16-9(14)5-13/h2-3,13H,5H2,1H3. The van der Waals surface area contributed by atoms with Crippen molar-refractivity contribution in [1.29, 1.82) is 5.26 Å². The molecule has 0 amide bonds. The number of carbonyl (C=O) groups excluding carboxylic acids is 1. The van der Waals surface area contributed by atoms with Crippen molar-refractivity contribution in [2.45, 2.75) is 0 Å². The smallest absolute Gasteiger partial charge is 0.337 e. The van der Waals surface area contributed by atoms with Crippen LogP contribution in [-0.2, 0) is 4.79 Å². The molecular weight excluding hydrogens is 234 g/mol. The van der Waals surface area contributed by atoms with Crippen LogP contribution in [0.1, 0.15) is 5.56 Å². The number of methoxy groups -OCH3 is 1. The molecule has 0 aliphatic heterocycles. The van der Waals surface area contributed by atoms with Crippen LogP contribution in [0.25, 0.3) is 0 Å². The third-order valence-electron chi connectivity index (χ3n) is 1.70. The van der Waals surface area contributed by atoms with Gasteiger partial charge in [0.05, 0.1) is 23.8 Å². The maximum absolute atomic E-state index is 10.9. The van der Waals surface area contributed by atoms with Gasteiger partial charge in [0.1, 0.15) is 6.61 Å². The van der Waals surface area contributed by atoms with Gasteiger partial charge in [0, 0.05) is 6.07 Å². The lowest BCUT2D eigenvalue weighted by Gasteiger charge is -2.10. The highest BCUT2D eigenvalue weighted by atomic mass is 35.5. The minimum absolute atomic E-state index is 0.0118. The molecule has 84 valence electrons. The molecule has 0 atom stereocenters. The summed E-state index contributed by atoms with van der Waals surface area (Å²) in [4.78, 5) is 10.9. The molecule has 0 aliphatic rings. The van der Waals surface area contributed by atoms with Gasteiger partial charge < -0.3 is 14.6 Å². The number of aliphatic hydroxyl groups excluding tert-OH is 1. The molecule has 1 rings (SSSR count). The van der Waals surface area contributed by atoms with Crippen molar-refractivity contribution in [2.75, 3.05) is 13.7 Å². The molecule has 16 heavy (non-hydrogen) atoms. The molecule has 0 radical (unpaired) electrons. The molecule has 0 spiro atoms. The van der Waals surface area contributed by atoms with Crippen molar-refractivity contribution in [3.8, 4) is 17.6 Å². The van der Waals surface area contributed by atoms with E-state index in [1.165, 1.54) is 19.2 Å². The summed E-state index contributed by atoms with van der Waals surface area (Å²) in [6, 6.07) is 4.60. The minimum atomic E-state index is -0.857. The Morgan fingerprint density at radius 3 is 2.81 bits per heavy atom. The first-order valence-corrected chi connectivity index (χ1v) is 4.59. The number of rotatable bonds is 3. The summed E-state index contributed by atoms with van der Waals surface area (Å²) in [7, 11) is 1.35. The number of halogens is 1. The number of aliphatic hydroxyl groups is 1. The van der Waals surface area contributed by atoms with E-state index in [1.807, 2.05) is 6.07 Å². The predicted octanol–water partition coefficient (Wildman–Crippen LogP) is 1.12. The van der Waals surface area contributed by atoms with Crippen LogP contribution in [0.15, 0.2) is 12.1 Å². The Morgan fingerprint density at radius 2 is 2.31 bits per heavy atom. The number of esters is 1. The monoisotopic (exact) mass is 241 g/mol. The number of nitrogens with zero attached hydrogens (tertiary/aromatic N) is 1. The zero-order valence-corrected chi connectivity index (χ0v) is 9.11. The van der Waals surface area contributed by atoms with Crippen LogP contribution < -0.4 is 9.47 Å². The quantitative estimate of drug-likeness (QED) is 0.634. The van der Waals surface area contributed by atoms with Crippen LogP contribution >= 0.6 is 11.6 Å². The summed E-state index contributed by atoms with van der Waals surface area (Å²) in [5.74, 6) is -0.710. The Balaban J connectivity index is 3.17. The van der Waals surface area contributed by atoms with Crippen LogP contribution in [0.5, 0.6) is 11.5 Å². The first-order chi connectivity index (χ1) is 7.62. The second-order valence-corrected chi connectivity index (χ2v) is 3.14. The largest absolute Gasteiger partial charge is 0.493 e. The summed E-state index contributed by atoms with van der Waals surface area (Å²) in [5.41, 5.74) is 0.283. The number of carbonyl (C=O) groups is 1. The summed E-state index contributed by atoms with van der Waals surface area (Å²) < 4.78 is 9.68. The number of hydrogen-bond donors (Lipinski definition) is 1. The summed E-state index contributed by atoms with van der Waals surface area (Å²) >= 11 is 5.80. The van der Waals surface area contributed by atoms with E-state index in [-0.39, 0.29) is 22.1 Å². The third kappa shape index (κ3) is 2.63. The van der Waals surface area contributed by atoms with E-state index in [1.54, 1.807) is 0 Å². The van der Waals surface area contributed by atoms with Gasteiger partial charge in [0.15, 0.2) is 11.5 Å². The number of benzene rings is 1. The van der Waals surface area contributed by atoms with Crippen molar-refractivity contribution in [1.82, 2.24) is 0 Å². The molecule has 1 aromatic carbocycles. The molecule has 1 N–H and O–H groups in total. The average molecular weight is 242 g/mol. The SMILES string of the molecule is COc1cc(C#N)cc(Cl)c1OC(=O)CO. The van der Waals surface area contributed by atoms with Gasteiger partial charge in [-0.2, -0.15) is 5.26 Å². The molecule has 0 unspecified atom stereocenters. The lowest BCUT2D eigenvalue weighted by Crippen LogP contribution is -2.13. The molecule has 1 aromatic rings. The Morgan fingerprint density at radius 1 is 1.62 bits per heavy atom. The van der Waals surface area contributed by atoms with Gasteiger partial charge in [-0.25, -0.2) is 4.79 Å². The molecular formula is C10H8ClNO4. The van der Waals surface area contributed by atoms with Crippen LogP contribution in [0.2, 0.25) is 5.02 Å². The van der Waals surface area contributed by atoms with Crippen molar-refractivity contribution in [3.63, 3.8) is 0 Å². The van der Waals surface area contributed by atoms with E-state index < -0.39 is 12.6 Å². The van der Waals surface area contributed by atoms with Gasteiger partial charge in [0.25, 0.3) is 0 Å². The van der Waals surface area contributed by atoms with Gasteiger partial charge in [-0.15, -0.1) is 0 Å². The lowest BCUT2D eigenvalue weighted by molar-refractivity contribution is -0.137. The Kier molecular flexibility index (Phi) is 4.11. The fourth-order valence-corrected chi connectivity index (χ4v) is 1.28. The van der Waals surface area contributed by atoms with Crippen LogP contribution in [0.3, 0.4) is 0 Å². The highest BCUT2D eigenvalue weighted by molar-refractivity contribution is 6.32. The lowest BCUT2D eigenvalue weighted by atomic mass is 10.2.